The summed E-state index contributed by atoms with van der Waals surface area (Å²) in [6, 6.07) is 9.46. The average molecular weight is 564 g/mol. The second kappa shape index (κ2) is 12.6. The standard InChI is InChI=1S/C20H29N5O2S2.HI/c1-2-21-20(23-13-11-17-8-4-5-12-22-17)24-16-18-9-10-19(28-18)29(26,27)25-14-6-3-7-15-25;/h4-5,8-10,12H,2-3,6-7,11,13-16H2,1H3,(H2,21,23,24);1H. The molecule has 0 aliphatic carbocycles. The molecule has 0 atom stereocenters. The van der Waals surface area contributed by atoms with Gasteiger partial charge in [-0.1, -0.05) is 12.5 Å². The molecule has 0 unspecified atom stereocenters. The zero-order chi connectivity index (χ0) is 20.5. The van der Waals surface area contributed by atoms with Crippen molar-refractivity contribution in [1.82, 2.24) is 19.9 Å². The summed E-state index contributed by atoms with van der Waals surface area (Å²) in [5.74, 6) is 0.720. The molecule has 0 saturated carbocycles. The summed E-state index contributed by atoms with van der Waals surface area (Å²) in [6.45, 7) is 5.19. The third-order valence-electron chi connectivity index (χ3n) is 4.68. The molecule has 1 aliphatic rings. The van der Waals surface area contributed by atoms with Crippen molar-refractivity contribution in [2.75, 3.05) is 26.2 Å². The van der Waals surface area contributed by atoms with E-state index in [4.69, 9.17) is 0 Å². The molecule has 7 nitrogen and oxygen atoms in total. The number of guanidine groups is 1. The molecule has 1 fully saturated rings. The summed E-state index contributed by atoms with van der Waals surface area (Å²) in [6.07, 6.45) is 5.59. The van der Waals surface area contributed by atoms with Crippen LogP contribution in [0.15, 0.2) is 45.7 Å². The maximum atomic E-state index is 12.8. The molecular formula is C20H30IN5O2S2. The van der Waals surface area contributed by atoms with E-state index in [0.29, 0.717) is 23.8 Å². The van der Waals surface area contributed by atoms with Gasteiger partial charge >= 0.3 is 0 Å². The van der Waals surface area contributed by atoms with E-state index in [1.54, 1.807) is 16.6 Å². The maximum Gasteiger partial charge on any atom is 0.252 e. The highest BCUT2D eigenvalue weighted by molar-refractivity contribution is 14.0. The first-order valence-electron chi connectivity index (χ1n) is 10.1. The SMILES string of the molecule is CCNC(=NCc1ccc(S(=O)(=O)N2CCCCC2)s1)NCCc1ccccn1.I. The second-order valence-corrected chi connectivity index (χ2v) is 10.2. The molecule has 0 spiro atoms. The van der Waals surface area contributed by atoms with Gasteiger partial charge in [0.25, 0.3) is 10.0 Å². The number of aromatic nitrogens is 1. The smallest absolute Gasteiger partial charge is 0.252 e. The molecular weight excluding hydrogens is 533 g/mol. The van der Waals surface area contributed by atoms with Crippen molar-refractivity contribution in [3.8, 4) is 0 Å². The Morgan fingerprint density at radius 1 is 1.17 bits per heavy atom. The number of hydrogen-bond donors (Lipinski definition) is 2. The zero-order valence-electron chi connectivity index (χ0n) is 17.2. The quantitative estimate of drug-likeness (QED) is 0.293. The topological polar surface area (TPSA) is 86.7 Å². The Bertz CT molecular complexity index is 897. The summed E-state index contributed by atoms with van der Waals surface area (Å²) < 4.78 is 27.6. The van der Waals surface area contributed by atoms with Crippen molar-refractivity contribution in [3.05, 3.63) is 47.1 Å². The molecule has 1 aliphatic heterocycles. The van der Waals surface area contributed by atoms with Crippen molar-refractivity contribution < 1.29 is 8.42 Å². The Hall–Kier alpha value is -1.24. The highest BCUT2D eigenvalue weighted by Gasteiger charge is 2.27. The van der Waals surface area contributed by atoms with Gasteiger partial charge in [0, 0.05) is 49.4 Å². The van der Waals surface area contributed by atoms with E-state index in [1.165, 1.54) is 11.3 Å². The fourth-order valence-electron chi connectivity index (χ4n) is 3.17. The van der Waals surface area contributed by atoms with Crippen molar-refractivity contribution in [3.63, 3.8) is 0 Å². The number of piperidine rings is 1. The Morgan fingerprint density at radius 2 is 1.97 bits per heavy atom. The van der Waals surface area contributed by atoms with E-state index in [2.05, 4.69) is 20.6 Å². The molecule has 30 heavy (non-hydrogen) atoms. The van der Waals surface area contributed by atoms with Crippen molar-refractivity contribution in [2.24, 2.45) is 4.99 Å². The first-order chi connectivity index (χ1) is 14.1. The van der Waals surface area contributed by atoms with Gasteiger partial charge < -0.3 is 10.6 Å². The maximum absolute atomic E-state index is 12.8. The number of halogens is 1. The fourth-order valence-corrected chi connectivity index (χ4v) is 6.12. The van der Waals surface area contributed by atoms with Gasteiger partial charge in [-0.15, -0.1) is 35.3 Å². The van der Waals surface area contributed by atoms with Crippen LogP contribution in [0.2, 0.25) is 0 Å². The largest absolute Gasteiger partial charge is 0.357 e. The third-order valence-corrected chi connectivity index (χ3v) is 8.12. The van der Waals surface area contributed by atoms with Crippen LogP contribution in [-0.2, 0) is 23.0 Å². The summed E-state index contributed by atoms with van der Waals surface area (Å²) in [7, 11) is -3.37. The molecule has 2 aromatic heterocycles. The summed E-state index contributed by atoms with van der Waals surface area (Å²) in [5, 5.41) is 6.53. The monoisotopic (exact) mass is 563 g/mol. The highest BCUT2D eigenvalue weighted by Crippen LogP contribution is 2.27. The summed E-state index contributed by atoms with van der Waals surface area (Å²) in [4.78, 5) is 9.85. The van der Waals surface area contributed by atoms with Crippen LogP contribution in [0.3, 0.4) is 0 Å². The normalized spacial score (nSPS) is 15.4. The first kappa shape index (κ1) is 25.0. The number of aliphatic imine (C=N–C) groups is 1. The molecule has 0 aromatic carbocycles. The Labute approximate surface area is 200 Å². The number of pyridine rings is 1. The molecule has 3 heterocycles. The van der Waals surface area contributed by atoms with Crippen LogP contribution >= 0.6 is 35.3 Å². The van der Waals surface area contributed by atoms with Crippen LogP contribution in [-0.4, -0.2) is 49.8 Å². The van der Waals surface area contributed by atoms with E-state index in [9.17, 15) is 8.42 Å². The lowest BCUT2D eigenvalue weighted by Crippen LogP contribution is -2.38. The molecule has 166 valence electrons. The summed E-state index contributed by atoms with van der Waals surface area (Å²) in [5.41, 5.74) is 1.03. The van der Waals surface area contributed by atoms with Crippen LogP contribution in [0, 0.1) is 0 Å². The molecule has 1 saturated heterocycles. The van der Waals surface area contributed by atoms with Gasteiger partial charge in [-0.25, -0.2) is 13.4 Å². The lowest BCUT2D eigenvalue weighted by molar-refractivity contribution is 0.347. The number of sulfonamides is 1. The predicted octanol–water partition coefficient (Wildman–Crippen LogP) is 3.23. The Kier molecular flexibility index (Phi) is 10.5. The van der Waals surface area contributed by atoms with Gasteiger partial charge in [-0.2, -0.15) is 4.31 Å². The lowest BCUT2D eigenvalue weighted by atomic mass is 10.2. The summed E-state index contributed by atoms with van der Waals surface area (Å²) >= 11 is 1.31. The Morgan fingerprint density at radius 3 is 2.67 bits per heavy atom. The zero-order valence-corrected chi connectivity index (χ0v) is 21.2. The van der Waals surface area contributed by atoms with Crippen LogP contribution in [0.1, 0.15) is 36.8 Å². The van der Waals surface area contributed by atoms with Crippen LogP contribution in [0.4, 0.5) is 0 Å². The molecule has 2 aromatic rings. The number of hydrogen-bond acceptors (Lipinski definition) is 5. The second-order valence-electron chi connectivity index (χ2n) is 6.88. The Balaban J connectivity index is 0.00000320. The molecule has 0 radical (unpaired) electrons. The average Bonchev–Trinajstić information content (AvgIpc) is 3.23. The van der Waals surface area contributed by atoms with E-state index < -0.39 is 10.0 Å². The molecule has 0 amide bonds. The number of nitrogens with one attached hydrogen (secondary N) is 2. The van der Waals surface area contributed by atoms with Crippen molar-refractivity contribution in [2.45, 2.75) is 43.4 Å². The van der Waals surface area contributed by atoms with E-state index >= 15 is 0 Å². The van der Waals surface area contributed by atoms with Gasteiger partial charge in [0.05, 0.1) is 6.54 Å². The molecule has 10 heteroatoms. The number of nitrogens with zero attached hydrogens (tertiary/aromatic N) is 3. The van der Waals surface area contributed by atoms with E-state index in [1.807, 2.05) is 31.2 Å². The van der Waals surface area contributed by atoms with Gasteiger partial charge in [0.2, 0.25) is 0 Å². The highest BCUT2D eigenvalue weighted by atomic mass is 127. The lowest BCUT2D eigenvalue weighted by Gasteiger charge is -2.25. The predicted molar refractivity (Wildman–Crippen MR) is 133 cm³/mol. The van der Waals surface area contributed by atoms with Crippen molar-refractivity contribution in [1.29, 1.82) is 0 Å². The van der Waals surface area contributed by atoms with Crippen molar-refractivity contribution >= 4 is 51.3 Å². The van der Waals surface area contributed by atoms with Crippen LogP contribution < -0.4 is 10.6 Å². The van der Waals surface area contributed by atoms with E-state index in [-0.39, 0.29) is 24.0 Å². The fraction of sp³-hybridized carbons (Fsp3) is 0.500. The number of rotatable bonds is 8. The molecule has 0 bridgehead atoms. The number of thiophene rings is 1. The van der Waals surface area contributed by atoms with Crippen LogP contribution in [0.25, 0.3) is 0 Å². The van der Waals surface area contributed by atoms with E-state index in [0.717, 1.165) is 55.3 Å². The minimum absolute atomic E-state index is 0. The van der Waals surface area contributed by atoms with Gasteiger partial charge in [-0.05, 0) is 44.0 Å². The minimum atomic E-state index is -3.37. The van der Waals surface area contributed by atoms with Gasteiger partial charge in [0.15, 0.2) is 5.96 Å². The van der Waals surface area contributed by atoms with Crippen LogP contribution in [0.5, 0.6) is 0 Å². The van der Waals surface area contributed by atoms with Gasteiger partial charge in [0.1, 0.15) is 4.21 Å². The molecule has 3 rings (SSSR count). The molecule has 2 N–H and O–H groups in total. The van der Waals surface area contributed by atoms with Gasteiger partial charge in [-0.3, -0.25) is 4.98 Å². The first-order valence-corrected chi connectivity index (χ1v) is 12.4. The third kappa shape index (κ3) is 7.17. The minimum Gasteiger partial charge on any atom is -0.357 e.